The molecule has 0 radical (unpaired) electrons. The molecule has 0 spiro atoms. The maximum absolute atomic E-state index is 13.6. The third kappa shape index (κ3) is 3.34. The predicted octanol–water partition coefficient (Wildman–Crippen LogP) is 3.97. The zero-order valence-corrected chi connectivity index (χ0v) is 19.5. The summed E-state index contributed by atoms with van der Waals surface area (Å²) in [5, 5.41) is 0. The minimum absolute atomic E-state index is 0.0786. The van der Waals surface area contributed by atoms with Gasteiger partial charge in [0, 0.05) is 36.7 Å². The molecule has 1 fully saturated rings. The van der Waals surface area contributed by atoms with Crippen LogP contribution in [-0.2, 0) is 19.5 Å². The van der Waals surface area contributed by atoms with Gasteiger partial charge in [-0.2, -0.15) is 0 Å². The van der Waals surface area contributed by atoms with Gasteiger partial charge in [0.25, 0.3) is 10.0 Å². The first-order chi connectivity index (χ1) is 12.7. The van der Waals surface area contributed by atoms with Crippen molar-refractivity contribution in [1.82, 2.24) is 4.31 Å². The monoisotopic (exact) mass is 505 g/mol. The Labute approximate surface area is 176 Å². The number of nitrogens with zero attached hydrogens (tertiary/aromatic N) is 1. The van der Waals surface area contributed by atoms with Gasteiger partial charge in [0.15, 0.2) is 5.79 Å². The molecule has 0 saturated heterocycles. The lowest BCUT2D eigenvalue weighted by molar-refractivity contribution is -0.224. The van der Waals surface area contributed by atoms with Crippen molar-refractivity contribution in [1.29, 1.82) is 0 Å². The molecular formula is C20H28INO4S. The van der Waals surface area contributed by atoms with Gasteiger partial charge in [-0.3, -0.25) is 4.31 Å². The Balaban J connectivity index is 2.14. The molecule has 1 aromatic rings. The minimum atomic E-state index is -3.71. The summed E-state index contributed by atoms with van der Waals surface area (Å²) in [6.45, 7) is 6.30. The van der Waals surface area contributed by atoms with E-state index in [2.05, 4.69) is 42.5 Å². The number of methoxy groups -OCH3 is 2. The van der Waals surface area contributed by atoms with Gasteiger partial charge in [-0.25, -0.2) is 8.42 Å². The molecule has 0 amide bonds. The van der Waals surface area contributed by atoms with E-state index in [0.29, 0.717) is 27.6 Å². The van der Waals surface area contributed by atoms with Crippen molar-refractivity contribution in [3.05, 3.63) is 41.6 Å². The van der Waals surface area contributed by atoms with Crippen LogP contribution in [0, 0.1) is 24.7 Å². The lowest BCUT2D eigenvalue weighted by atomic mass is 9.86. The SMILES string of the molecule is COC1(OC)C[C@H](C(C)C)[C@H]2C=C(CI)N(S(=O)(=O)c3ccc(C)cc3)[C@H]21. The zero-order chi connectivity index (χ0) is 20.0. The predicted molar refractivity (Wildman–Crippen MR) is 114 cm³/mol. The fraction of sp³-hybridized carbons (Fsp3) is 0.600. The standard InChI is InChI=1S/C20H28INO4S/c1-13(2)18-11-20(25-4,26-5)19-17(18)10-15(12-21)22(19)27(23,24)16-8-6-14(3)7-9-16/h6-10,13,17-19H,11-12H2,1-5H3/t17-,18-,19-/m1/s1. The summed E-state index contributed by atoms with van der Waals surface area (Å²) in [5.41, 5.74) is 1.84. The van der Waals surface area contributed by atoms with Gasteiger partial charge in [0.1, 0.15) is 6.04 Å². The second-order valence-corrected chi connectivity index (χ2v) is 10.3. The third-order valence-electron chi connectivity index (χ3n) is 6.01. The van der Waals surface area contributed by atoms with Gasteiger partial charge < -0.3 is 9.47 Å². The summed E-state index contributed by atoms with van der Waals surface area (Å²) >= 11 is 2.23. The maximum Gasteiger partial charge on any atom is 0.264 e. The Morgan fingerprint density at radius 2 is 1.81 bits per heavy atom. The maximum atomic E-state index is 13.6. The molecule has 0 N–H and O–H groups in total. The molecular weight excluding hydrogens is 477 g/mol. The minimum Gasteiger partial charge on any atom is -0.351 e. The average molecular weight is 505 g/mol. The lowest BCUT2D eigenvalue weighted by Crippen LogP contribution is -2.53. The molecule has 0 aromatic heterocycles. The van der Waals surface area contributed by atoms with E-state index >= 15 is 0 Å². The highest BCUT2D eigenvalue weighted by Gasteiger charge is 2.62. The number of hydrogen-bond donors (Lipinski definition) is 0. The van der Waals surface area contributed by atoms with Crippen molar-refractivity contribution < 1.29 is 17.9 Å². The number of hydrogen-bond acceptors (Lipinski definition) is 4. The molecule has 1 aliphatic heterocycles. The number of ether oxygens (including phenoxy) is 2. The van der Waals surface area contributed by atoms with Crippen LogP contribution in [0.25, 0.3) is 0 Å². The van der Waals surface area contributed by atoms with Crippen molar-refractivity contribution in [3.8, 4) is 0 Å². The molecule has 0 unspecified atom stereocenters. The number of aryl methyl sites for hydroxylation is 1. The summed E-state index contributed by atoms with van der Waals surface area (Å²) in [5.74, 6) is -0.166. The summed E-state index contributed by atoms with van der Waals surface area (Å²) in [6, 6.07) is 6.63. The molecule has 1 saturated carbocycles. The first-order valence-electron chi connectivity index (χ1n) is 9.20. The molecule has 7 heteroatoms. The van der Waals surface area contributed by atoms with Crippen LogP contribution in [0.4, 0.5) is 0 Å². The van der Waals surface area contributed by atoms with E-state index in [1.807, 2.05) is 19.1 Å². The van der Waals surface area contributed by atoms with Crippen LogP contribution in [0.15, 0.2) is 40.9 Å². The smallest absolute Gasteiger partial charge is 0.264 e. The van der Waals surface area contributed by atoms with Crippen LogP contribution in [0.5, 0.6) is 0 Å². The summed E-state index contributed by atoms with van der Waals surface area (Å²) in [7, 11) is -0.485. The number of fused-ring (bicyclic) bond motifs is 1. The molecule has 0 bridgehead atoms. The van der Waals surface area contributed by atoms with Crippen LogP contribution < -0.4 is 0 Å². The van der Waals surface area contributed by atoms with Crippen LogP contribution in [0.3, 0.4) is 0 Å². The molecule has 1 aliphatic carbocycles. The largest absolute Gasteiger partial charge is 0.351 e. The number of rotatable bonds is 6. The van der Waals surface area contributed by atoms with Crippen LogP contribution in [-0.4, -0.2) is 43.2 Å². The first kappa shape index (κ1) is 21.1. The molecule has 27 heavy (non-hydrogen) atoms. The van der Waals surface area contributed by atoms with Crippen molar-refractivity contribution in [2.75, 3.05) is 18.6 Å². The van der Waals surface area contributed by atoms with Crippen molar-refractivity contribution >= 4 is 32.6 Å². The highest BCUT2D eigenvalue weighted by molar-refractivity contribution is 14.1. The normalized spacial score (nSPS) is 27.1. The highest BCUT2D eigenvalue weighted by atomic mass is 127. The van der Waals surface area contributed by atoms with Gasteiger partial charge in [0.2, 0.25) is 0 Å². The molecule has 1 aromatic carbocycles. The third-order valence-corrected chi connectivity index (χ3v) is 8.64. The first-order valence-corrected chi connectivity index (χ1v) is 12.2. The Bertz CT molecular complexity index is 815. The number of halogens is 1. The second kappa shape index (κ2) is 7.65. The Kier molecular flexibility index (Phi) is 5.97. The van der Waals surface area contributed by atoms with Crippen molar-refractivity contribution in [2.45, 2.75) is 43.9 Å². The zero-order valence-electron chi connectivity index (χ0n) is 16.5. The average Bonchev–Trinajstić information content (AvgIpc) is 3.17. The van der Waals surface area contributed by atoms with Gasteiger partial charge in [-0.1, -0.05) is 60.2 Å². The number of sulfonamides is 1. The quantitative estimate of drug-likeness (QED) is 0.334. The van der Waals surface area contributed by atoms with Crippen molar-refractivity contribution in [3.63, 3.8) is 0 Å². The Morgan fingerprint density at radius 1 is 1.22 bits per heavy atom. The van der Waals surface area contributed by atoms with E-state index in [1.54, 1.807) is 30.7 Å². The summed E-state index contributed by atoms with van der Waals surface area (Å²) in [4.78, 5) is 0.304. The number of benzene rings is 1. The molecule has 3 atom stereocenters. The Morgan fingerprint density at radius 3 is 2.30 bits per heavy atom. The summed E-state index contributed by atoms with van der Waals surface area (Å²) < 4.78 is 41.1. The number of alkyl halides is 1. The summed E-state index contributed by atoms with van der Waals surface area (Å²) in [6.07, 6.45) is 2.81. The Hall–Kier alpha value is -0.640. The van der Waals surface area contributed by atoms with Gasteiger partial charge in [-0.15, -0.1) is 0 Å². The highest BCUT2D eigenvalue weighted by Crippen LogP contribution is 2.54. The molecule has 5 nitrogen and oxygen atoms in total. The van der Waals surface area contributed by atoms with E-state index in [1.165, 1.54) is 0 Å². The van der Waals surface area contributed by atoms with Gasteiger partial charge in [0.05, 0.1) is 4.90 Å². The van der Waals surface area contributed by atoms with Crippen molar-refractivity contribution in [2.24, 2.45) is 17.8 Å². The van der Waals surface area contributed by atoms with Crippen LogP contribution in [0.2, 0.25) is 0 Å². The molecule has 3 rings (SSSR count). The fourth-order valence-electron chi connectivity index (χ4n) is 4.54. The topological polar surface area (TPSA) is 55.8 Å². The van der Waals surface area contributed by atoms with E-state index in [-0.39, 0.29) is 5.92 Å². The lowest BCUT2D eigenvalue weighted by Gasteiger charge is -2.39. The van der Waals surface area contributed by atoms with Gasteiger partial charge >= 0.3 is 0 Å². The number of allylic oxidation sites excluding steroid dienone is 1. The second-order valence-electron chi connectivity index (χ2n) is 7.76. The fourth-order valence-corrected chi connectivity index (χ4v) is 7.13. The van der Waals surface area contributed by atoms with E-state index in [0.717, 1.165) is 11.3 Å². The van der Waals surface area contributed by atoms with E-state index < -0.39 is 21.9 Å². The van der Waals surface area contributed by atoms with Gasteiger partial charge in [-0.05, 0) is 30.9 Å². The van der Waals surface area contributed by atoms with E-state index in [4.69, 9.17) is 9.47 Å². The molecule has 1 heterocycles. The molecule has 2 aliphatic rings. The van der Waals surface area contributed by atoms with Crippen LogP contribution in [0.1, 0.15) is 25.8 Å². The van der Waals surface area contributed by atoms with Crippen LogP contribution >= 0.6 is 22.6 Å². The molecule has 150 valence electrons. The van der Waals surface area contributed by atoms with E-state index in [9.17, 15) is 8.42 Å².